The number of carbonyl (C=O) groups is 2. The van der Waals surface area contributed by atoms with Crippen LogP contribution in [0.4, 0.5) is 4.79 Å². The monoisotopic (exact) mass is 276 g/mol. The maximum atomic E-state index is 12.0. The predicted octanol–water partition coefficient (Wildman–Crippen LogP) is 1.96. The Morgan fingerprint density at radius 1 is 1.42 bits per heavy atom. The van der Waals surface area contributed by atoms with Crippen molar-refractivity contribution in [3.05, 3.63) is 35.4 Å². The van der Waals surface area contributed by atoms with Gasteiger partial charge in [0.05, 0.1) is 6.04 Å². The van der Waals surface area contributed by atoms with E-state index in [1.807, 2.05) is 12.1 Å². The summed E-state index contributed by atoms with van der Waals surface area (Å²) in [5.41, 5.74) is 2.54. The van der Waals surface area contributed by atoms with E-state index in [0.29, 0.717) is 6.54 Å². The molecule has 1 atom stereocenters. The van der Waals surface area contributed by atoms with Gasteiger partial charge in [-0.1, -0.05) is 36.0 Å². The van der Waals surface area contributed by atoms with Crippen LogP contribution in [-0.4, -0.2) is 34.9 Å². The molecule has 19 heavy (non-hydrogen) atoms. The number of fused-ring (bicyclic) bond motifs is 1. The first-order chi connectivity index (χ1) is 9.24. The second-order valence-electron chi connectivity index (χ2n) is 4.89. The molecule has 0 unspecified atom stereocenters. The summed E-state index contributed by atoms with van der Waals surface area (Å²) < 4.78 is 0. The summed E-state index contributed by atoms with van der Waals surface area (Å²) in [6, 6.07) is 8.33. The highest BCUT2D eigenvalue weighted by Crippen LogP contribution is 2.30. The summed E-state index contributed by atoms with van der Waals surface area (Å²) in [7, 11) is 0. The zero-order chi connectivity index (χ0) is 13.2. The van der Waals surface area contributed by atoms with Crippen LogP contribution in [0.2, 0.25) is 0 Å². The molecule has 2 aliphatic rings. The number of hydrogen-bond donors (Lipinski definition) is 1. The Hall–Kier alpha value is -1.49. The highest BCUT2D eigenvalue weighted by molar-refractivity contribution is 8.13. The first kappa shape index (κ1) is 12.5. The molecule has 4 nitrogen and oxygen atoms in total. The highest BCUT2D eigenvalue weighted by atomic mass is 32.2. The molecule has 100 valence electrons. The van der Waals surface area contributed by atoms with Crippen LogP contribution in [0.1, 0.15) is 23.6 Å². The quantitative estimate of drug-likeness (QED) is 0.918. The number of amides is 2. The average Bonchev–Trinajstić information content (AvgIpc) is 2.98. The minimum Gasteiger partial charge on any atom is -0.348 e. The van der Waals surface area contributed by atoms with E-state index in [2.05, 4.69) is 17.4 Å². The van der Waals surface area contributed by atoms with Crippen molar-refractivity contribution >= 4 is 22.9 Å². The Morgan fingerprint density at radius 3 is 3.05 bits per heavy atom. The molecule has 0 aromatic heterocycles. The molecule has 5 heteroatoms. The molecule has 0 saturated carbocycles. The summed E-state index contributed by atoms with van der Waals surface area (Å²) in [6.45, 7) is 0.864. The van der Waals surface area contributed by atoms with Crippen LogP contribution in [0.3, 0.4) is 0 Å². The first-order valence-electron chi connectivity index (χ1n) is 6.53. The second kappa shape index (κ2) is 5.25. The van der Waals surface area contributed by atoms with Gasteiger partial charge in [0.15, 0.2) is 0 Å². The molecule has 1 heterocycles. The average molecular weight is 276 g/mol. The van der Waals surface area contributed by atoms with Gasteiger partial charge in [-0.15, -0.1) is 0 Å². The maximum Gasteiger partial charge on any atom is 0.282 e. The number of nitrogens with zero attached hydrogens (tertiary/aromatic N) is 1. The summed E-state index contributed by atoms with van der Waals surface area (Å²) in [5, 5.41) is 3.06. The fourth-order valence-electron chi connectivity index (χ4n) is 2.69. The van der Waals surface area contributed by atoms with Crippen LogP contribution in [0.25, 0.3) is 0 Å². The molecular formula is C14H16N2O2S. The molecular weight excluding hydrogens is 260 g/mol. The van der Waals surface area contributed by atoms with Crippen LogP contribution in [0.5, 0.6) is 0 Å². The van der Waals surface area contributed by atoms with Gasteiger partial charge in [0.1, 0.15) is 6.54 Å². The van der Waals surface area contributed by atoms with Gasteiger partial charge in [0, 0.05) is 12.3 Å². The van der Waals surface area contributed by atoms with Crippen molar-refractivity contribution in [1.29, 1.82) is 0 Å². The van der Waals surface area contributed by atoms with Crippen LogP contribution in [-0.2, 0) is 11.2 Å². The van der Waals surface area contributed by atoms with Crippen molar-refractivity contribution in [2.75, 3.05) is 18.8 Å². The van der Waals surface area contributed by atoms with E-state index in [1.54, 1.807) is 4.90 Å². The van der Waals surface area contributed by atoms with E-state index >= 15 is 0 Å². The lowest BCUT2D eigenvalue weighted by Gasteiger charge is -2.18. The van der Waals surface area contributed by atoms with Crippen molar-refractivity contribution in [3.63, 3.8) is 0 Å². The number of thioether (sulfide) groups is 1. The van der Waals surface area contributed by atoms with Crippen LogP contribution < -0.4 is 5.32 Å². The number of benzene rings is 1. The van der Waals surface area contributed by atoms with Crippen molar-refractivity contribution in [1.82, 2.24) is 10.2 Å². The van der Waals surface area contributed by atoms with Gasteiger partial charge in [-0.05, 0) is 24.0 Å². The third kappa shape index (κ3) is 2.61. The van der Waals surface area contributed by atoms with Crippen molar-refractivity contribution < 1.29 is 9.59 Å². The lowest BCUT2D eigenvalue weighted by Crippen LogP contribution is -2.38. The number of nitrogens with one attached hydrogen (secondary N) is 1. The van der Waals surface area contributed by atoms with Crippen molar-refractivity contribution in [3.8, 4) is 0 Å². The van der Waals surface area contributed by atoms with Gasteiger partial charge in [0.25, 0.3) is 5.24 Å². The zero-order valence-corrected chi connectivity index (χ0v) is 11.4. The van der Waals surface area contributed by atoms with Crippen molar-refractivity contribution in [2.24, 2.45) is 0 Å². The Kier molecular flexibility index (Phi) is 3.46. The number of hydrogen-bond acceptors (Lipinski definition) is 3. The van der Waals surface area contributed by atoms with E-state index < -0.39 is 0 Å². The van der Waals surface area contributed by atoms with Gasteiger partial charge in [-0.3, -0.25) is 9.59 Å². The topological polar surface area (TPSA) is 49.4 Å². The molecule has 2 amide bonds. The summed E-state index contributed by atoms with van der Waals surface area (Å²) in [4.78, 5) is 25.1. The fraction of sp³-hybridized carbons (Fsp3) is 0.429. The summed E-state index contributed by atoms with van der Waals surface area (Å²) in [6.07, 6.45) is 1.97. The lowest BCUT2D eigenvalue weighted by atomic mass is 10.1. The Bertz CT molecular complexity index is 518. The van der Waals surface area contributed by atoms with Crippen LogP contribution >= 0.6 is 11.8 Å². The fourth-order valence-corrected chi connectivity index (χ4v) is 3.51. The summed E-state index contributed by atoms with van der Waals surface area (Å²) >= 11 is 1.29. The smallest absolute Gasteiger partial charge is 0.282 e. The number of aryl methyl sites for hydroxylation is 1. The highest BCUT2D eigenvalue weighted by Gasteiger charge is 2.27. The van der Waals surface area contributed by atoms with Gasteiger partial charge in [-0.2, -0.15) is 0 Å². The van der Waals surface area contributed by atoms with Gasteiger partial charge >= 0.3 is 0 Å². The van der Waals surface area contributed by atoms with Gasteiger partial charge in [-0.25, -0.2) is 0 Å². The second-order valence-corrected chi connectivity index (χ2v) is 5.94. The molecule has 3 rings (SSSR count). The third-order valence-corrected chi connectivity index (χ3v) is 4.54. The normalized spacial score (nSPS) is 21.6. The van der Waals surface area contributed by atoms with Crippen LogP contribution in [0.15, 0.2) is 24.3 Å². The molecule has 1 fully saturated rings. The molecule has 0 radical (unpaired) electrons. The van der Waals surface area contributed by atoms with E-state index in [4.69, 9.17) is 0 Å². The molecule has 1 aromatic rings. The third-order valence-electron chi connectivity index (χ3n) is 3.65. The molecule has 1 N–H and O–H groups in total. The van der Waals surface area contributed by atoms with Crippen molar-refractivity contribution in [2.45, 2.75) is 18.9 Å². The molecule has 1 aromatic carbocycles. The zero-order valence-electron chi connectivity index (χ0n) is 10.6. The molecule has 1 aliphatic carbocycles. The standard InChI is InChI=1S/C14H16N2O2S/c17-13(9-16-7-8-19-14(16)18)15-12-6-5-10-3-1-2-4-11(10)12/h1-4,12H,5-9H2,(H,15,17)/t12-/m0/s1. The van der Waals surface area contributed by atoms with E-state index in [9.17, 15) is 9.59 Å². The van der Waals surface area contributed by atoms with E-state index in [-0.39, 0.29) is 23.7 Å². The maximum absolute atomic E-state index is 12.0. The van der Waals surface area contributed by atoms with E-state index in [0.717, 1.165) is 18.6 Å². The Balaban J connectivity index is 1.60. The molecule has 0 spiro atoms. The molecule has 1 aliphatic heterocycles. The number of carbonyl (C=O) groups excluding carboxylic acids is 2. The lowest BCUT2D eigenvalue weighted by molar-refractivity contribution is -0.122. The first-order valence-corrected chi connectivity index (χ1v) is 7.51. The van der Waals surface area contributed by atoms with Crippen LogP contribution in [0, 0.1) is 0 Å². The summed E-state index contributed by atoms with van der Waals surface area (Å²) in [5.74, 6) is 0.732. The molecule has 0 bridgehead atoms. The SMILES string of the molecule is O=C(CN1CCSC1=O)N[C@H]1CCc2ccccc21. The van der Waals surface area contributed by atoms with Gasteiger partial charge in [0.2, 0.25) is 5.91 Å². The largest absolute Gasteiger partial charge is 0.348 e. The van der Waals surface area contributed by atoms with E-state index in [1.165, 1.54) is 22.9 Å². The minimum atomic E-state index is -0.0578. The Labute approximate surface area is 116 Å². The number of rotatable bonds is 3. The minimum absolute atomic E-state index is 0.0157. The Morgan fingerprint density at radius 2 is 2.26 bits per heavy atom. The molecule has 1 saturated heterocycles. The van der Waals surface area contributed by atoms with Gasteiger partial charge < -0.3 is 10.2 Å². The predicted molar refractivity (Wildman–Crippen MR) is 75.1 cm³/mol.